The molecule has 0 aliphatic heterocycles. The summed E-state index contributed by atoms with van der Waals surface area (Å²) in [6, 6.07) is 7.75. The van der Waals surface area contributed by atoms with E-state index in [-0.39, 0.29) is 17.0 Å². The zero-order valence-electron chi connectivity index (χ0n) is 12.4. The van der Waals surface area contributed by atoms with Crippen LogP contribution < -0.4 is 5.73 Å². The van der Waals surface area contributed by atoms with Crippen LogP contribution in [-0.2, 0) is 12.8 Å². The lowest BCUT2D eigenvalue weighted by atomic mass is 9.95. The topological polar surface area (TPSA) is 69.1 Å². The maximum absolute atomic E-state index is 13.8. The Labute approximate surface area is 132 Å². The van der Waals surface area contributed by atoms with E-state index in [0.29, 0.717) is 11.1 Å². The fourth-order valence-corrected chi connectivity index (χ4v) is 3.10. The molecule has 1 aliphatic carbocycles. The van der Waals surface area contributed by atoms with E-state index in [9.17, 15) is 9.18 Å². The van der Waals surface area contributed by atoms with Crippen LogP contribution in [0.4, 0.5) is 10.1 Å². The largest absolute Gasteiger partial charge is 0.432 e. The van der Waals surface area contributed by atoms with Crippen LogP contribution in [0, 0.1) is 5.82 Å². The van der Waals surface area contributed by atoms with Crippen LogP contribution in [0.1, 0.15) is 40.2 Å². The van der Waals surface area contributed by atoms with Gasteiger partial charge in [-0.25, -0.2) is 9.37 Å². The standard InChI is InChI=1S/C18H15FN2O2/c19-13-7-3-2-6-11(13)16(22)17-15(20)12-9-10-5-1-4-8-14(10)21-18(12)23-17/h2-3,6-7,9H,1,4-5,8,20H2. The molecule has 0 amide bonds. The number of carbonyl (C=O) groups excluding carboxylic acids is 1. The highest BCUT2D eigenvalue weighted by Crippen LogP contribution is 2.32. The molecule has 3 aromatic rings. The number of hydrogen-bond donors (Lipinski definition) is 1. The number of carbonyl (C=O) groups is 1. The summed E-state index contributed by atoms with van der Waals surface area (Å²) in [5.41, 5.74) is 8.77. The lowest BCUT2D eigenvalue weighted by Crippen LogP contribution is -2.05. The monoisotopic (exact) mass is 310 g/mol. The Hall–Kier alpha value is -2.69. The smallest absolute Gasteiger partial charge is 0.233 e. The van der Waals surface area contributed by atoms with Crippen molar-refractivity contribution < 1.29 is 13.6 Å². The summed E-state index contributed by atoms with van der Waals surface area (Å²) >= 11 is 0. The van der Waals surface area contributed by atoms with Gasteiger partial charge in [-0.1, -0.05) is 12.1 Å². The van der Waals surface area contributed by atoms with Gasteiger partial charge < -0.3 is 10.2 Å². The second-order valence-corrected chi connectivity index (χ2v) is 5.81. The maximum atomic E-state index is 13.8. The molecule has 0 unspecified atom stereocenters. The van der Waals surface area contributed by atoms with E-state index in [1.165, 1.54) is 18.2 Å². The van der Waals surface area contributed by atoms with Gasteiger partial charge in [0.2, 0.25) is 17.3 Å². The third-order valence-corrected chi connectivity index (χ3v) is 4.32. The summed E-state index contributed by atoms with van der Waals surface area (Å²) in [4.78, 5) is 17.0. The highest BCUT2D eigenvalue weighted by molar-refractivity contribution is 6.14. The lowest BCUT2D eigenvalue weighted by molar-refractivity contribution is 0.101. The minimum absolute atomic E-state index is 0.0417. The zero-order chi connectivity index (χ0) is 16.0. The summed E-state index contributed by atoms with van der Waals surface area (Å²) in [6.07, 6.45) is 4.09. The first-order valence-electron chi connectivity index (χ1n) is 7.65. The molecule has 116 valence electrons. The second kappa shape index (κ2) is 5.19. The molecule has 0 fully saturated rings. The molecule has 5 heteroatoms. The van der Waals surface area contributed by atoms with Crippen molar-refractivity contribution in [1.29, 1.82) is 0 Å². The van der Waals surface area contributed by atoms with Gasteiger partial charge in [-0.05, 0) is 49.4 Å². The van der Waals surface area contributed by atoms with Crippen molar-refractivity contribution in [2.24, 2.45) is 0 Å². The highest BCUT2D eigenvalue weighted by atomic mass is 19.1. The summed E-state index contributed by atoms with van der Waals surface area (Å²) in [5, 5.41) is 0.630. The number of aryl methyl sites for hydroxylation is 2. The molecule has 2 aromatic heterocycles. The van der Waals surface area contributed by atoms with Crippen LogP contribution in [0.2, 0.25) is 0 Å². The Morgan fingerprint density at radius 2 is 2.00 bits per heavy atom. The number of aromatic nitrogens is 1. The summed E-state index contributed by atoms with van der Waals surface area (Å²) in [7, 11) is 0. The van der Waals surface area contributed by atoms with Gasteiger partial charge in [-0.3, -0.25) is 4.79 Å². The minimum Gasteiger partial charge on any atom is -0.432 e. The zero-order valence-corrected chi connectivity index (χ0v) is 12.4. The molecule has 0 spiro atoms. The third kappa shape index (κ3) is 2.20. The first-order chi connectivity index (χ1) is 11.1. The summed E-state index contributed by atoms with van der Waals surface area (Å²) in [5.74, 6) is -1.19. The van der Waals surface area contributed by atoms with Crippen molar-refractivity contribution >= 4 is 22.6 Å². The number of nitrogens with zero attached hydrogens (tertiary/aromatic N) is 1. The van der Waals surface area contributed by atoms with Gasteiger partial charge in [0.15, 0.2) is 0 Å². The predicted molar refractivity (Wildman–Crippen MR) is 84.9 cm³/mol. The first kappa shape index (κ1) is 13.9. The molecular formula is C18H15FN2O2. The van der Waals surface area contributed by atoms with Crippen molar-refractivity contribution in [2.45, 2.75) is 25.7 Å². The van der Waals surface area contributed by atoms with Crippen LogP contribution in [0.15, 0.2) is 34.7 Å². The lowest BCUT2D eigenvalue weighted by Gasteiger charge is -2.13. The Bertz CT molecular complexity index is 930. The Morgan fingerprint density at radius 3 is 2.83 bits per heavy atom. The molecule has 2 heterocycles. The molecule has 1 aliphatic rings. The molecule has 0 saturated heterocycles. The van der Waals surface area contributed by atoms with Crippen LogP contribution in [-0.4, -0.2) is 10.8 Å². The van der Waals surface area contributed by atoms with E-state index >= 15 is 0 Å². The molecular weight excluding hydrogens is 295 g/mol. The first-order valence-corrected chi connectivity index (χ1v) is 7.65. The quantitative estimate of drug-likeness (QED) is 0.733. The number of nitrogens with two attached hydrogens (primary N) is 1. The fourth-order valence-electron chi connectivity index (χ4n) is 3.10. The Morgan fingerprint density at radius 1 is 1.22 bits per heavy atom. The van der Waals surface area contributed by atoms with E-state index in [1.807, 2.05) is 6.07 Å². The SMILES string of the molecule is Nc1c(C(=O)c2ccccc2F)oc2nc3c(cc12)CCCC3. The average molecular weight is 310 g/mol. The highest BCUT2D eigenvalue weighted by Gasteiger charge is 2.24. The number of rotatable bonds is 2. The van der Waals surface area contributed by atoms with Crippen molar-refractivity contribution in [3.05, 3.63) is 58.7 Å². The van der Waals surface area contributed by atoms with Gasteiger partial charge in [0.1, 0.15) is 5.82 Å². The van der Waals surface area contributed by atoms with Gasteiger partial charge >= 0.3 is 0 Å². The van der Waals surface area contributed by atoms with Gasteiger partial charge in [-0.2, -0.15) is 0 Å². The van der Waals surface area contributed by atoms with Crippen LogP contribution in [0.25, 0.3) is 11.1 Å². The molecule has 4 nitrogen and oxygen atoms in total. The number of nitrogen functional groups attached to an aromatic ring is 1. The van der Waals surface area contributed by atoms with E-state index in [4.69, 9.17) is 10.2 Å². The molecule has 0 atom stereocenters. The van der Waals surface area contributed by atoms with Gasteiger partial charge in [0.25, 0.3) is 0 Å². The predicted octanol–water partition coefficient (Wildman–Crippen LogP) is 3.66. The number of halogens is 1. The maximum Gasteiger partial charge on any atom is 0.233 e. The summed E-state index contributed by atoms with van der Waals surface area (Å²) in [6.45, 7) is 0. The minimum atomic E-state index is -0.593. The molecule has 23 heavy (non-hydrogen) atoms. The van der Waals surface area contributed by atoms with Crippen LogP contribution in [0.5, 0.6) is 0 Å². The molecule has 0 saturated carbocycles. The number of fused-ring (bicyclic) bond motifs is 2. The van der Waals surface area contributed by atoms with Crippen molar-refractivity contribution in [3.63, 3.8) is 0 Å². The Kier molecular flexibility index (Phi) is 3.15. The van der Waals surface area contributed by atoms with Crippen LogP contribution >= 0.6 is 0 Å². The number of pyridine rings is 1. The summed E-state index contributed by atoms with van der Waals surface area (Å²) < 4.78 is 19.4. The van der Waals surface area contributed by atoms with Crippen molar-refractivity contribution in [2.75, 3.05) is 5.73 Å². The van der Waals surface area contributed by atoms with Crippen LogP contribution in [0.3, 0.4) is 0 Å². The van der Waals surface area contributed by atoms with E-state index < -0.39 is 11.6 Å². The molecule has 0 bridgehead atoms. The van der Waals surface area contributed by atoms with E-state index in [2.05, 4.69) is 4.98 Å². The number of benzene rings is 1. The third-order valence-electron chi connectivity index (χ3n) is 4.32. The fraction of sp³-hybridized carbons (Fsp3) is 0.222. The normalized spacial score (nSPS) is 14.0. The number of anilines is 1. The van der Waals surface area contributed by atoms with Gasteiger partial charge in [0, 0.05) is 5.69 Å². The molecule has 2 N–H and O–H groups in total. The van der Waals surface area contributed by atoms with Gasteiger partial charge in [0.05, 0.1) is 16.6 Å². The van der Waals surface area contributed by atoms with Crippen molar-refractivity contribution in [3.8, 4) is 0 Å². The number of hydrogen-bond acceptors (Lipinski definition) is 4. The van der Waals surface area contributed by atoms with E-state index in [0.717, 1.165) is 36.9 Å². The number of furan rings is 1. The second-order valence-electron chi connectivity index (χ2n) is 5.81. The Balaban J connectivity index is 1.86. The van der Waals surface area contributed by atoms with Gasteiger partial charge in [-0.15, -0.1) is 0 Å². The average Bonchev–Trinajstić information content (AvgIpc) is 2.89. The molecule has 1 aromatic carbocycles. The van der Waals surface area contributed by atoms with E-state index in [1.54, 1.807) is 6.07 Å². The van der Waals surface area contributed by atoms with Crippen molar-refractivity contribution in [1.82, 2.24) is 4.98 Å². The number of ketones is 1. The molecule has 0 radical (unpaired) electrons. The molecule has 4 rings (SSSR count).